The number of aromatic amines is 1. The first-order valence-corrected chi connectivity index (χ1v) is 9.08. The number of H-pyrrole nitrogens is 1. The van der Waals surface area contributed by atoms with Gasteiger partial charge in [-0.3, -0.25) is 4.79 Å². The van der Waals surface area contributed by atoms with Crippen LogP contribution in [0.15, 0.2) is 72.8 Å². The first kappa shape index (κ1) is 18.2. The van der Waals surface area contributed by atoms with Gasteiger partial charge in [-0.25, -0.2) is 9.78 Å². The van der Waals surface area contributed by atoms with Crippen molar-refractivity contribution in [2.45, 2.75) is 6.92 Å². The van der Waals surface area contributed by atoms with Crippen LogP contribution in [0.2, 0.25) is 0 Å². The van der Waals surface area contributed by atoms with Crippen molar-refractivity contribution in [3.63, 3.8) is 0 Å². The smallest absolute Gasteiger partial charge is 0.323 e. The van der Waals surface area contributed by atoms with Gasteiger partial charge in [0.25, 0.3) is 0 Å². The molecule has 4 aromatic rings. The van der Waals surface area contributed by atoms with Crippen LogP contribution in [0.4, 0.5) is 21.9 Å². The maximum atomic E-state index is 12.2. The summed E-state index contributed by atoms with van der Waals surface area (Å²) in [6.07, 6.45) is 0. The number of fused-ring (bicyclic) bond motifs is 1. The maximum absolute atomic E-state index is 12.2. The van der Waals surface area contributed by atoms with Crippen molar-refractivity contribution in [1.29, 1.82) is 0 Å². The van der Waals surface area contributed by atoms with E-state index in [0.29, 0.717) is 17.1 Å². The summed E-state index contributed by atoms with van der Waals surface area (Å²) in [6.45, 7) is 1.44. The van der Waals surface area contributed by atoms with E-state index in [4.69, 9.17) is 0 Å². The number of amides is 3. The number of rotatable bonds is 4. The zero-order chi connectivity index (χ0) is 20.2. The van der Waals surface area contributed by atoms with Gasteiger partial charge in [-0.15, -0.1) is 0 Å². The summed E-state index contributed by atoms with van der Waals surface area (Å²) in [6, 6.07) is 21.8. The van der Waals surface area contributed by atoms with Gasteiger partial charge in [0.1, 0.15) is 5.82 Å². The van der Waals surface area contributed by atoms with Crippen LogP contribution in [0.25, 0.3) is 22.4 Å². The van der Waals surface area contributed by atoms with Gasteiger partial charge >= 0.3 is 6.03 Å². The molecule has 3 amide bonds. The van der Waals surface area contributed by atoms with E-state index in [-0.39, 0.29) is 11.9 Å². The molecule has 0 aliphatic heterocycles. The fourth-order valence-corrected chi connectivity index (χ4v) is 2.93. The van der Waals surface area contributed by atoms with E-state index in [9.17, 15) is 9.59 Å². The topological polar surface area (TPSA) is 98.9 Å². The Morgan fingerprint density at radius 1 is 0.759 bits per heavy atom. The first-order valence-electron chi connectivity index (χ1n) is 9.08. The Balaban J connectivity index is 1.39. The zero-order valence-electron chi connectivity index (χ0n) is 15.7. The van der Waals surface area contributed by atoms with Crippen molar-refractivity contribution >= 4 is 40.0 Å². The SMILES string of the molecule is CC(=O)Nc1ccc(NC(=O)Nc2ccc(-c3nc4ccccc4[nH]3)cc2)cc1. The molecule has 0 atom stereocenters. The van der Waals surface area contributed by atoms with Crippen LogP contribution in [-0.2, 0) is 4.79 Å². The molecule has 1 aromatic heterocycles. The normalized spacial score (nSPS) is 10.5. The third-order valence-corrected chi connectivity index (χ3v) is 4.27. The van der Waals surface area contributed by atoms with E-state index in [0.717, 1.165) is 22.4 Å². The molecule has 3 aromatic carbocycles. The maximum Gasteiger partial charge on any atom is 0.323 e. The molecule has 1 heterocycles. The number of aromatic nitrogens is 2. The van der Waals surface area contributed by atoms with E-state index in [1.165, 1.54) is 6.92 Å². The summed E-state index contributed by atoms with van der Waals surface area (Å²) in [5.41, 5.74) is 4.78. The lowest BCUT2D eigenvalue weighted by Gasteiger charge is -2.09. The van der Waals surface area contributed by atoms with E-state index >= 15 is 0 Å². The minimum Gasteiger partial charge on any atom is -0.338 e. The van der Waals surface area contributed by atoms with Gasteiger partial charge in [0.05, 0.1) is 11.0 Å². The average molecular weight is 385 g/mol. The number of nitrogens with zero attached hydrogens (tertiary/aromatic N) is 1. The number of hydrogen-bond acceptors (Lipinski definition) is 3. The molecule has 0 spiro atoms. The molecule has 29 heavy (non-hydrogen) atoms. The van der Waals surface area contributed by atoms with Crippen molar-refractivity contribution in [1.82, 2.24) is 9.97 Å². The minimum atomic E-state index is -0.353. The van der Waals surface area contributed by atoms with Crippen LogP contribution in [0, 0.1) is 0 Å². The molecule has 144 valence electrons. The highest BCUT2D eigenvalue weighted by Gasteiger charge is 2.07. The third-order valence-electron chi connectivity index (χ3n) is 4.27. The number of urea groups is 1. The largest absolute Gasteiger partial charge is 0.338 e. The Bertz CT molecular complexity index is 1130. The molecule has 0 saturated carbocycles. The predicted molar refractivity (Wildman–Crippen MR) is 115 cm³/mol. The second-order valence-corrected chi connectivity index (χ2v) is 6.52. The molecule has 7 nitrogen and oxygen atoms in total. The van der Waals surface area contributed by atoms with E-state index in [1.807, 2.05) is 48.5 Å². The van der Waals surface area contributed by atoms with Gasteiger partial charge in [-0.1, -0.05) is 12.1 Å². The van der Waals surface area contributed by atoms with Crippen LogP contribution in [0.1, 0.15) is 6.92 Å². The minimum absolute atomic E-state index is 0.144. The number of nitrogens with one attached hydrogen (secondary N) is 4. The quantitative estimate of drug-likeness (QED) is 0.405. The standard InChI is InChI=1S/C22H19N5O2/c1-14(28)23-16-10-12-18(13-11-16)25-22(29)24-17-8-6-15(7-9-17)21-26-19-4-2-3-5-20(19)27-21/h2-13H,1H3,(H,23,28)(H,26,27)(H2,24,25,29). The Morgan fingerprint density at radius 2 is 1.31 bits per heavy atom. The molecular formula is C22H19N5O2. The molecule has 0 bridgehead atoms. The Morgan fingerprint density at radius 3 is 1.90 bits per heavy atom. The summed E-state index contributed by atoms with van der Waals surface area (Å²) in [7, 11) is 0. The summed E-state index contributed by atoms with van der Waals surface area (Å²) in [4.78, 5) is 31.1. The molecule has 0 aliphatic carbocycles. The van der Waals surface area contributed by atoms with Gasteiger partial charge in [-0.2, -0.15) is 0 Å². The monoisotopic (exact) mass is 385 g/mol. The van der Waals surface area contributed by atoms with Crippen molar-refractivity contribution in [3.8, 4) is 11.4 Å². The molecule has 7 heteroatoms. The zero-order valence-corrected chi connectivity index (χ0v) is 15.7. The van der Waals surface area contributed by atoms with Crippen molar-refractivity contribution in [2.24, 2.45) is 0 Å². The Labute approximate surface area is 167 Å². The molecule has 0 fully saturated rings. The summed E-state index contributed by atoms with van der Waals surface area (Å²) in [5, 5.41) is 8.22. The van der Waals surface area contributed by atoms with Crippen LogP contribution in [-0.4, -0.2) is 21.9 Å². The van der Waals surface area contributed by atoms with Gasteiger partial charge in [-0.05, 0) is 60.7 Å². The van der Waals surface area contributed by atoms with Crippen LogP contribution in [0.3, 0.4) is 0 Å². The molecule has 0 unspecified atom stereocenters. The van der Waals surface area contributed by atoms with E-state index in [1.54, 1.807) is 24.3 Å². The second-order valence-electron chi connectivity index (χ2n) is 6.52. The average Bonchev–Trinajstić information content (AvgIpc) is 3.14. The molecule has 0 aliphatic rings. The van der Waals surface area contributed by atoms with E-state index in [2.05, 4.69) is 25.9 Å². The molecule has 0 saturated heterocycles. The van der Waals surface area contributed by atoms with Crippen molar-refractivity contribution in [2.75, 3.05) is 16.0 Å². The number of imidazole rings is 1. The van der Waals surface area contributed by atoms with Crippen LogP contribution in [0.5, 0.6) is 0 Å². The van der Waals surface area contributed by atoms with Crippen molar-refractivity contribution in [3.05, 3.63) is 72.8 Å². The highest BCUT2D eigenvalue weighted by Crippen LogP contribution is 2.22. The fourth-order valence-electron chi connectivity index (χ4n) is 2.93. The number of carbonyl (C=O) groups excluding carboxylic acids is 2. The highest BCUT2D eigenvalue weighted by molar-refractivity contribution is 6.00. The second kappa shape index (κ2) is 7.85. The summed E-state index contributed by atoms with van der Waals surface area (Å²) < 4.78 is 0. The van der Waals surface area contributed by atoms with Crippen LogP contribution < -0.4 is 16.0 Å². The highest BCUT2D eigenvalue weighted by atomic mass is 16.2. The summed E-state index contributed by atoms with van der Waals surface area (Å²) in [5.74, 6) is 0.635. The van der Waals surface area contributed by atoms with Gasteiger partial charge < -0.3 is 20.9 Å². The Hall–Kier alpha value is -4.13. The lowest BCUT2D eigenvalue weighted by molar-refractivity contribution is -0.114. The number of anilines is 3. The lowest BCUT2D eigenvalue weighted by Crippen LogP contribution is -2.19. The van der Waals surface area contributed by atoms with E-state index < -0.39 is 0 Å². The number of para-hydroxylation sites is 2. The third kappa shape index (κ3) is 4.41. The molecule has 0 radical (unpaired) electrons. The molecule has 4 rings (SSSR count). The van der Waals surface area contributed by atoms with Gasteiger partial charge in [0.2, 0.25) is 5.91 Å². The molecular weight excluding hydrogens is 366 g/mol. The van der Waals surface area contributed by atoms with Crippen molar-refractivity contribution < 1.29 is 9.59 Å². The van der Waals surface area contributed by atoms with Gasteiger partial charge in [0.15, 0.2) is 0 Å². The van der Waals surface area contributed by atoms with Crippen LogP contribution >= 0.6 is 0 Å². The lowest BCUT2D eigenvalue weighted by atomic mass is 10.2. The number of benzene rings is 3. The fraction of sp³-hybridized carbons (Fsp3) is 0.0455. The summed E-state index contributed by atoms with van der Waals surface area (Å²) >= 11 is 0. The first-order chi connectivity index (χ1) is 14.1. The Kier molecular flexibility index (Phi) is 4.94. The number of hydrogen-bond donors (Lipinski definition) is 4. The number of carbonyl (C=O) groups is 2. The molecule has 4 N–H and O–H groups in total. The van der Waals surface area contributed by atoms with Gasteiger partial charge in [0, 0.05) is 29.5 Å². The predicted octanol–water partition coefficient (Wildman–Crippen LogP) is 4.83.